The van der Waals surface area contributed by atoms with E-state index in [-0.39, 0.29) is 18.6 Å². The SMILES string of the molecule is CC(C)Oc1ncccc1C(=O)N1CCC(O)(Cn2ccnn2)C1. The van der Waals surface area contributed by atoms with Crippen molar-refractivity contribution in [3.8, 4) is 5.88 Å². The van der Waals surface area contributed by atoms with Crippen molar-refractivity contribution in [2.24, 2.45) is 0 Å². The molecule has 1 N–H and O–H groups in total. The van der Waals surface area contributed by atoms with Crippen molar-refractivity contribution in [3.63, 3.8) is 0 Å². The molecule has 0 saturated carbocycles. The highest BCUT2D eigenvalue weighted by Gasteiger charge is 2.39. The molecule has 128 valence electrons. The molecular weight excluding hydrogens is 310 g/mol. The Morgan fingerprint density at radius 3 is 3.00 bits per heavy atom. The molecule has 2 aromatic heterocycles. The van der Waals surface area contributed by atoms with Gasteiger partial charge in [-0.2, -0.15) is 0 Å². The molecule has 3 rings (SSSR count). The number of pyridine rings is 1. The topological polar surface area (TPSA) is 93.4 Å². The number of β-amino-alcohol motifs (C(OH)–C–C–N with tert-alkyl or cyclic N) is 1. The quantitative estimate of drug-likeness (QED) is 0.868. The van der Waals surface area contributed by atoms with Crippen LogP contribution in [0.5, 0.6) is 5.88 Å². The van der Waals surface area contributed by atoms with Crippen molar-refractivity contribution >= 4 is 5.91 Å². The molecule has 0 radical (unpaired) electrons. The average molecular weight is 331 g/mol. The third-order valence-corrected chi connectivity index (χ3v) is 3.90. The van der Waals surface area contributed by atoms with Crippen LogP contribution in [0.3, 0.4) is 0 Å². The zero-order valence-corrected chi connectivity index (χ0v) is 13.8. The summed E-state index contributed by atoms with van der Waals surface area (Å²) in [4.78, 5) is 18.6. The van der Waals surface area contributed by atoms with Gasteiger partial charge in [-0.15, -0.1) is 5.10 Å². The van der Waals surface area contributed by atoms with Gasteiger partial charge in [0.2, 0.25) is 5.88 Å². The first-order valence-electron chi connectivity index (χ1n) is 7.94. The van der Waals surface area contributed by atoms with Crippen LogP contribution in [-0.4, -0.2) is 60.7 Å². The molecule has 1 saturated heterocycles. The molecule has 1 unspecified atom stereocenters. The minimum absolute atomic E-state index is 0.0747. The molecule has 1 fully saturated rings. The van der Waals surface area contributed by atoms with Gasteiger partial charge in [0.15, 0.2) is 0 Å². The summed E-state index contributed by atoms with van der Waals surface area (Å²) >= 11 is 0. The van der Waals surface area contributed by atoms with E-state index in [0.717, 1.165) is 0 Å². The van der Waals surface area contributed by atoms with Gasteiger partial charge in [-0.1, -0.05) is 5.21 Å². The van der Waals surface area contributed by atoms with Crippen LogP contribution in [0.4, 0.5) is 0 Å². The van der Waals surface area contributed by atoms with E-state index in [0.29, 0.717) is 31.0 Å². The van der Waals surface area contributed by atoms with Crippen LogP contribution in [-0.2, 0) is 6.54 Å². The Morgan fingerprint density at radius 2 is 2.29 bits per heavy atom. The number of nitrogens with zero attached hydrogens (tertiary/aromatic N) is 5. The smallest absolute Gasteiger partial charge is 0.259 e. The number of aromatic nitrogens is 4. The van der Waals surface area contributed by atoms with Crippen LogP contribution in [0.15, 0.2) is 30.7 Å². The highest BCUT2D eigenvalue weighted by molar-refractivity contribution is 5.96. The van der Waals surface area contributed by atoms with Crippen molar-refractivity contribution in [1.82, 2.24) is 24.9 Å². The van der Waals surface area contributed by atoms with E-state index in [2.05, 4.69) is 15.3 Å². The molecule has 1 amide bonds. The Morgan fingerprint density at radius 1 is 1.46 bits per heavy atom. The van der Waals surface area contributed by atoms with Gasteiger partial charge in [-0.3, -0.25) is 4.79 Å². The number of likely N-dealkylation sites (tertiary alicyclic amines) is 1. The predicted molar refractivity (Wildman–Crippen MR) is 85.5 cm³/mol. The monoisotopic (exact) mass is 331 g/mol. The second-order valence-corrected chi connectivity index (χ2v) is 6.32. The van der Waals surface area contributed by atoms with Gasteiger partial charge in [-0.25, -0.2) is 9.67 Å². The van der Waals surface area contributed by atoms with Crippen LogP contribution in [0.2, 0.25) is 0 Å². The maximum atomic E-state index is 12.8. The second-order valence-electron chi connectivity index (χ2n) is 6.32. The third-order valence-electron chi connectivity index (χ3n) is 3.90. The van der Waals surface area contributed by atoms with Crippen LogP contribution in [0.1, 0.15) is 30.6 Å². The van der Waals surface area contributed by atoms with Gasteiger partial charge < -0.3 is 14.7 Å². The van der Waals surface area contributed by atoms with Crippen molar-refractivity contribution in [2.75, 3.05) is 13.1 Å². The molecule has 2 aromatic rings. The van der Waals surface area contributed by atoms with E-state index in [4.69, 9.17) is 4.74 Å². The summed E-state index contributed by atoms with van der Waals surface area (Å²) in [5.41, 5.74) is -0.596. The Bertz CT molecular complexity index is 703. The molecule has 1 atom stereocenters. The number of amides is 1. The first-order chi connectivity index (χ1) is 11.5. The fourth-order valence-electron chi connectivity index (χ4n) is 2.82. The zero-order chi connectivity index (χ0) is 17.2. The number of ether oxygens (including phenoxy) is 1. The Labute approximate surface area is 140 Å². The van der Waals surface area contributed by atoms with E-state index in [1.807, 2.05) is 13.8 Å². The number of hydrogen-bond acceptors (Lipinski definition) is 6. The molecule has 8 nitrogen and oxygen atoms in total. The van der Waals surface area contributed by atoms with Gasteiger partial charge in [0, 0.05) is 18.9 Å². The van der Waals surface area contributed by atoms with Gasteiger partial charge in [0.25, 0.3) is 5.91 Å². The van der Waals surface area contributed by atoms with Gasteiger partial charge in [-0.05, 0) is 32.4 Å². The summed E-state index contributed by atoms with van der Waals surface area (Å²) in [7, 11) is 0. The minimum atomic E-state index is -1.01. The van der Waals surface area contributed by atoms with Crippen LogP contribution in [0.25, 0.3) is 0 Å². The second kappa shape index (κ2) is 6.56. The lowest BCUT2D eigenvalue weighted by Gasteiger charge is -2.23. The average Bonchev–Trinajstić information content (AvgIpc) is 3.17. The maximum absolute atomic E-state index is 12.8. The molecular formula is C16H21N5O3. The Hall–Kier alpha value is -2.48. The first kappa shape index (κ1) is 16.4. The van der Waals surface area contributed by atoms with Gasteiger partial charge in [0.1, 0.15) is 11.2 Å². The lowest BCUT2D eigenvalue weighted by atomic mass is 10.0. The fraction of sp³-hybridized carbons (Fsp3) is 0.500. The summed E-state index contributed by atoms with van der Waals surface area (Å²) in [6, 6.07) is 3.40. The standard InChI is InChI=1S/C16H21N5O3/c1-12(2)24-14-13(4-3-6-17-14)15(22)20-8-5-16(23,10-20)11-21-9-7-18-19-21/h3-4,6-7,9,12,23H,5,8,10-11H2,1-2H3. The summed E-state index contributed by atoms with van der Waals surface area (Å²) in [6.45, 7) is 4.78. The molecule has 3 heterocycles. The number of aliphatic hydroxyl groups is 1. The Balaban J connectivity index is 1.73. The van der Waals surface area contributed by atoms with Crippen LogP contribution >= 0.6 is 0 Å². The van der Waals surface area contributed by atoms with E-state index in [1.165, 1.54) is 0 Å². The highest BCUT2D eigenvalue weighted by Crippen LogP contribution is 2.26. The number of carbonyl (C=O) groups excluding carboxylic acids is 1. The van der Waals surface area contributed by atoms with Crippen molar-refractivity contribution in [1.29, 1.82) is 0 Å². The van der Waals surface area contributed by atoms with Crippen LogP contribution < -0.4 is 4.74 Å². The van der Waals surface area contributed by atoms with Gasteiger partial charge >= 0.3 is 0 Å². The number of hydrogen-bond donors (Lipinski definition) is 1. The zero-order valence-electron chi connectivity index (χ0n) is 13.8. The third kappa shape index (κ3) is 3.53. The lowest BCUT2D eigenvalue weighted by molar-refractivity contribution is 0.0265. The molecule has 8 heteroatoms. The largest absolute Gasteiger partial charge is 0.474 e. The molecule has 0 aliphatic carbocycles. The van der Waals surface area contributed by atoms with Gasteiger partial charge in [0.05, 0.1) is 25.4 Å². The summed E-state index contributed by atoms with van der Waals surface area (Å²) in [6.07, 6.45) is 5.26. The molecule has 24 heavy (non-hydrogen) atoms. The number of rotatable bonds is 5. The van der Waals surface area contributed by atoms with E-state index >= 15 is 0 Å². The Kier molecular flexibility index (Phi) is 4.48. The van der Waals surface area contributed by atoms with Crippen molar-refractivity contribution < 1.29 is 14.6 Å². The lowest BCUT2D eigenvalue weighted by Crippen LogP contribution is -2.39. The summed E-state index contributed by atoms with van der Waals surface area (Å²) in [5.74, 6) is 0.137. The van der Waals surface area contributed by atoms with Crippen molar-refractivity contribution in [3.05, 3.63) is 36.3 Å². The maximum Gasteiger partial charge on any atom is 0.259 e. The molecule has 0 aromatic carbocycles. The van der Waals surface area contributed by atoms with E-state index in [9.17, 15) is 9.90 Å². The number of carbonyl (C=O) groups is 1. The fourth-order valence-corrected chi connectivity index (χ4v) is 2.82. The molecule has 0 bridgehead atoms. The summed E-state index contributed by atoms with van der Waals surface area (Å²) in [5, 5.41) is 18.3. The first-order valence-corrected chi connectivity index (χ1v) is 7.94. The molecule has 1 aliphatic rings. The molecule has 1 aliphatic heterocycles. The summed E-state index contributed by atoms with van der Waals surface area (Å²) < 4.78 is 7.19. The van der Waals surface area contributed by atoms with E-state index in [1.54, 1.807) is 40.3 Å². The normalized spacial score (nSPS) is 20.6. The predicted octanol–water partition coefficient (Wildman–Crippen LogP) is 0.737. The van der Waals surface area contributed by atoms with Crippen LogP contribution in [0, 0.1) is 0 Å². The van der Waals surface area contributed by atoms with E-state index < -0.39 is 5.60 Å². The highest BCUT2D eigenvalue weighted by atomic mass is 16.5. The minimum Gasteiger partial charge on any atom is -0.474 e. The molecule has 0 spiro atoms. The van der Waals surface area contributed by atoms with Crippen molar-refractivity contribution in [2.45, 2.75) is 38.5 Å².